The van der Waals surface area contributed by atoms with E-state index in [1.165, 1.54) is 0 Å². The van der Waals surface area contributed by atoms with E-state index in [2.05, 4.69) is 41.4 Å². The number of aryl methyl sites for hydroxylation is 3. The molecule has 5 rings (SSSR count). The maximum Gasteiger partial charge on any atom is 0.127 e. The maximum atomic E-state index is 14.8. The molecule has 2 aliphatic heterocycles. The zero-order chi connectivity index (χ0) is 27.7. The Labute approximate surface area is 233 Å². The topological polar surface area (TPSA) is 18.5 Å². The Morgan fingerprint density at radius 3 is 2.49 bits per heavy atom. The van der Waals surface area contributed by atoms with E-state index in [1.54, 1.807) is 12.1 Å². The number of hydrogen-bond acceptors (Lipinski definition) is 3. The van der Waals surface area contributed by atoms with Crippen LogP contribution in [0.4, 0.5) is 14.5 Å². The van der Waals surface area contributed by atoms with Gasteiger partial charge in [0.05, 0.1) is 0 Å². The van der Waals surface area contributed by atoms with Gasteiger partial charge in [-0.3, -0.25) is 0 Å². The van der Waals surface area contributed by atoms with Gasteiger partial charge in [0.25, 0.3) is 0 Å². The summed E-state index contributed by atoms with van der Waals surface area (Å²) < 4.78 is 28.6. The van der Waals surface area contributed by atoms with Crippen LogP contribution in [0.3, 0.4) is 0 Å². The summed E-state index contributed by atoms with van der Waals surface area (Å²) in [6, 6.07) is 10.1. The van der Waals surface area contributed by atoms with E-state index in [9.17, 15) is 8.78 Å². The first kappa shape index (κ1) is 27.6. The summed E-state index contributed by atoms with van der Waals surface area (Å²) in [5, 5.41) is 3.69. The summed E-state index contributed by atoms with van der Waals surface area (Å²) in [4.78, 5) is 4.87. The molecule has 2 aromatic rings. The molecule has 0 radical (unpaired) electrons. The van der Waals surface area contributed by atoms with Crippen molar-refractivity contribution in [3.63, 3.8) is 0 Å². The Morgan fingerprint density at radius 2 is 1.82 bits per heavy atom. The van der Waals surface area contributed by atoms with Crippen molar-refractivity contribution in [1.29, 1.82) is 0 Å². The van der Waals surface area contributed by atoms with Crippen LogP contribution in [-0.4, -0.2) is 36.6 Å². The second-order valence-electron chi connectivity index (χ2n) is 11.9. The van der Waals surface area contributed by atoms with Crippen LogP contribution in [0.5, 0.6) is 0 Å². The molecule has 1 atom stereocenters. The number of piperidine rings is 1. The summed E-state index contributed by atoms with van der Waals surface area (Å²) in [6.07, 6.45) is 9.29. The molecular weight excluding hydrogens is 488 g/mol. The lowest BCUT2D eigenvalue weighted by atomic mass is 9.90. The van der Waals surface area contributed by atoms with Gasteiger partial charge in [0.2, 0.25) is 0 Å². The third-order valence-electron chi connectivity index (χ3n) is 8.71. The number of nitrogens with zero attached hydrogens (tertiary/aromatic N) is 2. The SMILES string of the molecule is C=C(NC1CCN(CC(C)CCc2ccc(C)c(F)c2)CC1)C1=CN(C2CC2)c2cc(CC)c(F)cc2C1=C. The van der Waals surface area contributed by atoms with Crippen LogP contribution < -0.4 is 10.2 Å². The van der Waals surface area contributed by atoms with Gasteiger partial charge in [0.1, 0.15) is 11.6 Å². The average Bonchev–Trinajstić information content (AvgIpc) is 3.76. The Bertz CT molecular complexity index is 1270. The quantitative estimate of drug-likeness (QED) is 0.341. The van der Waals surface area contributed by atoms with Crippen molar-refractivity contribution in [3.8, 4) is 0 Å². The number of allylic oxidation sites excluding steroid dienone is 1. The zero-order valence-corrected chi connectivity index (χ0v) is 23.8. The van der Waals surface area contributed by atoms with Crippen molar-refractivity contribution in [3.05, 3.63) is 94.8 Å². The van der Waals surface area contributed by atoms with E-state index in [4.69, 9.17) is 0 Å². The van der Waals surface area contributed by atoms with E-state index >= 15 is 0 Å². The Morgan fingerprint density at radius 1 is 1.08 bits per heavy atom. The third kappa shape index (κ3) is 6.30. The predicted octanol–water partition coefficient (Wildman–Crippen LogP) is 7.55. The molecule has 0 aromatic heterocycles. The number of fused-ring (bicyclic) bond motifs is 1. The van der Waals surface area contributed by atoms with Crippen LogP contribution in [0, 0.1) is 24.5 Å². The first-order valence-electron chi connectivity index (χ1n) is 14.7. The van der Waals surface area contributed by atoms with Gasteiger partial charge in [-0.2, -0.15) is 0 Å². The third-order valence-corrected chi connectivity index (χ3v) is 8.71. The Hall–Kier alpha value is -2.92. The second-order valence-corrected chi connectivity index (χ2v) is 11.9. The molecule has 1 N–H and O–H groups in total. The van der Waals surface area contributed by atoms with Gasteiger partial charge < -0.3 is 15.1 Å². The van der Waals surface area contributed by atoms with Crippen LogP contribution in [0.2, 0.25) is 0 Å². The van der Waals surface area contributed by atoms with E-state index in [0.717, 1.165) is 97.4 Å². The lowest BCUT2D eigenvalue weighted by Gasteiger charge is -2.36. The van der Waals surface area contributed by atoms with Gasteiger partial charge >= 0.3 is 0 Å². The maximum absolute atomic E-state index is 14.8. The van der Waals surface area contributed by atoms with E-state index in [0.29, 0.717) is 30.0 Å². The number of likely N-dealkylation sites (tertiary alicyclic amines) is 1. The summed E-state index contributed by atoms with van der Waals surface area (Å²) >= 11 is 0. The van der Waals surface area contributed by atoms with Gasteiger partial charge in [0, 0.05) is 60.4 Å². The van der Waals surface area contributed by atoms with Crippen LogP contribution in [0.25, 0.3) is 5.57 Å². The lowest BCUT2D eigenvalue weighted by molar-refractivity contribution is 0.177. The standard InChI is InChI=1S/C34H43F2N3/c1-6-27-18-34-30(19-33(27)36)24(4)31(21-39(34)29-11-12-29)25(5)37-28-13-15-38(16-14-28)20-22(2)7-9-26-10-8-23(3)32(35)17-26/h8,10,17-19,21-22,28-29,37H,4-7,9,11-16,20H2,1-3H3. The highest BCUT2D eigenvalue weighted by atomic mass is 19.1. The minimum absolute atomic E-state index is 0.105. The molecule has 0 amide bonds. The van der Waals surface area contributed by atoms with Crippen LogP contribution >= 0.6 is 0 Å². The minimum atomic E-state index is -0.152. The molecule has 2 heterocycles. The fourth-order valence-corrected chi connectivity index (χ4v) is 6.00. The number of rotatable bonds is 10. The molecule has 1 unspecified atom stereocenters. The number of nitrogens with one attached hydrogen (secondary N) is 1. The Kier molecular flexibility index (Phi) is 8.27. The number of anilines is 1. The molecule has 2 fully saturated rings. The van der Waals surface area contributed by atoms with Crippen molar-refractivity contribution < 1.29 is 8.78 Å². The molecule has 1 aliphatic carbocycles. The van der Waals surface area contributed by atoms with Crippen molar-refractivity contribution in [2.75, 3.05) is 24.5 Å². The average molecular weight is 532 g/mol. The van der Waals surface area contributed by atoms with Crippen molar-refractivity contribution >= 4 is 11.3 Å². The van der Waals surface area contributed by atoms with Gasteiger partial charge in [-0.1, -0.05) is 39.1 Å². The molecule has 0 spiro atoms. The molecule has 1 saturated heterocycles. The first-order valence-corrected chi connectivity index (χ1v) is 14.7. The molecule has 1 saturated carbocycles. The van der Waals surface area contributed by atoms with Crippen LogP contribution in [-0.2, 0) is 12.8 Å². The highest BCUT2D eigenvalue weighted by Gasteiger charge is 2.34. The zero-order valence-electron chi connectivity index (χ0n) is 23.8. The van der Waals surface area contributed by atoms with Gasteiger partial charge in [0.15, 0.2) is 0 Å². The fourth-order valence-electron chi connectivity index (χ4n) is 6.00. The predicted molar refractivity (Wildman–Crippen MR) is 159 cm³/mol. The Balaban J connectivity index is 1.14. The number of benzene rings is 2. The lowest BCUT2D eigenvalue weighted by Crippen LogP contribution is -2.43. The van der Waals surface area contributed by atoms with E-state index in [-0.39, 0.29) is 11.6 Å². The minimum Gasteiger partial charge on any atom is -0.382 e. The largest absolute Gasteiger partial charge is 0.382 e. The monoisotopic (exact) mass is 531 g/mol. The molecule has 3 nitrogen and oxygen atoms in total. The molecule has 39 heavy (non-hydrogen) atoms. The van der Waals surface area contributed by atoms with Crippen molar-refractivity contribution in [2.45, 2.75) is 77.8 Å². The van der Waals surface area contributed by atoms with Gasteiger partial charge in [-0.05, 0) is 98.2 Å². The summed E-state index contributed by atoms with van der Waals surface area (Å²) in [5.41, 5.74) is 7.23. The molecule has 3 aliphatic rings. The van der Waals surface area contributed by atoms with Gasteiger partial charge in [-0.25, -0.2) is 8.78 Å². The molecule has 5 heteroatoms. The molecule has 2 aromatic carbocycles. The summed E-state index contributed by atoms with van der Waals surface area (Å²) in [6.45, 7) is 18.0. The molecule has 208 valence electrons. The van der Waals surface area contributed by atoms with Gasteiger partial charge in [-0.15, -0.1) is 0 Å². The smallest absolute Gasteiger partial charge is 0.127 e. The van der Waals surface area contributed by atoms with Crippen molar-refractivity contribution in [1.82, 2.24) is 10.2 Å². The summed E-state index contributed by atoms with van der Waals surface area (Å²) in [5.74, 6) is 0.304. The normalized spacial score (nSPS) is 19.1. The number of hydrogen-bond donors (Lipinski definition) is 1. The van der Waals surface area contributed by atoms with E-state index in [1.807, 2.05) is 32.0 Å². The number of halogens is 2. The second kappa shape index (κ2) is 11.7. The first-order chi connectivity index (χ1) is 18.7. The van der Waals surface area contributed by atoms with Crippen LogP contribution in [0.1, 0.15) is 68.2 Å². The van der Waals surface area contributed by atoms with Crippen LogP contribution in [0.15, 0.2) is 61.0 Å². The molecule has 0 bridgehead atoms. The fraction of sp³-hybridized carbons (Fsp3) is 0.471. The highest BCUT2D eigenvalue weighted by Crippen LogP contribution is 2.44. The summed E-state index contributed by atoms with van der Waals surface area (Å²) in [7, 11) is 0. The molecular formula is C34H43F2N3. The highest BCUT2D eigenvalue weighted by molar-refractivity contribution is 5.92. The van der Waals surface area contributed by atoms with E-state index < -0.39 is 0 Å². The van der Waals surface area contributed by atoms with Crippen molar-refractivity contribution in [2.24, 2.45) is 5.92 Å².